The molecule has 1 aromatic heterocycles. The van der Waals surface area contributed by atoms with Crippen LogP contribution in [0.1, 0.15) is 0 Å². The molecule has 0 radical (unpaired) electrons. The molecule has 0 aliphatic rings. The van der Waals surface area contributed by atoms with Gasteiger partial charge in [-0.2, -0.15) is 4.98 Å². The van der Waals surface area contributed by atoms with Crippen molar-refractivity contribution in [3.63, 3.8) is 0 Å². The van der Waals surface area contributed by atoms with Crippen molar-refractivity contribution >= 4 is 45.0 Å². The Balaban J connectivity index is 1.59. The molecule has 5 nitrogen and oxygen atoms in total. The van der Waals surface area contributed by atoms with Crippen molar-refractivity contribution in [2.75, 3.05) is 23.8 Å². The highest BCUT2D eigenvalue weighted by atomic mass is 79.9. The minimum Gasteiger partial charge on any atom is -0.492 e. The van der Waals surface area contributed by atoms with E-state index >= 15 is 0 Å². The van der Waals surface area contributed by atoms with Crippen LogP contribution in [-0.4, -0.2) is 23.1 Å². The van der Waals surface area contributed by atoms with E-state index in [4.69, 9.17) is 16.3 Å². The molecule has 0 saturated carbocycles. The Morgan fingerprint density at radius 3 is 2.73 bits per heavy atom. The van der Waals surface area contributed by atoms with E-state index in [1.54, 1.807) is 12.3 Å². The second-order valence-electron chi connectivity index (χ2n) is 5.23. The Hall–Kier alpha value is -2.38. The summed E-state index contributed by atoms with van der Waals surface area (Å²) < 4.78 is 19.6. The van der Waals surface area contributed by atoms with Gasteiger partial charge in [0.25, 0.3) is 0 Å². The van der Waals surface area contributed by atoms with Crippen molar-refractivity contribution in [3.05, 3.63) is 70.0 Å². The fraction of sp³-hybridized carbons (Fsp3) is 0.111. The van der Waals surface area contributed by atoms with E-state index in [-0.39, 0.29) is 5.02 Å². The number of anilines is 3. The van der Waals surface area contributed by atoms with Gasteiger partial charge >= 0.3 is 0 Å². The number of nitrogens with one attached hydrogen (secondary N) is 2. The Bertz CT molecular complexity index is 882. The van der Waals surface area contributed by atoms with Crippen LogP contribution in [0, 0.1) is 5.82 Å². The van der Waals surface area contributed by atoms with Crippen molar-refractivity contribution in [1.82, 2.24) is 9.97 Å². The number of hydrogen-bond acceptors (Lipinski definition) is 5. The van der Waals surface area contributed by atoms with E-state index in [2.05, 4.69) is 36.5 Å². The second kappa shape index (κ2) is 8.82. The maximum atomic E-state index is 13.2. The van der Waals surface area contributed by atoms with Gasteiger partial charge in [0.05, 0.1) is 16.0 Å². The number of aromatic nitrogens is 2. The average Bonchev–Trinajstić information content (AvgIpc) is 2.65. The summed E-state index contributed by atoms with van der Waals surface area (Å²) in [6.45, 7) is 1.04. The molecule has 0 atom stereocenters. The molecule has 134 valence electrons. The summed E-state index contributed by atoms with van der Waals surface area (Å²) in [6, 6.07) is 13.9. The van der Waals surface area contributed by atoms with Gasteiger partial charge in [-0.05, 0) is 46.3 Å². The van der Waals surface area contributed by atoms with E-state index in [0.29, 0.717) is 30.6 Å². The van der Waals surface area contributed by atoms with Crippen molar-refractivity contribution in [2.24, 2.45) is 0 Å². The maximum absolute atomic E-state index is 13.2. The van der Waals surface area contributed by atoms with Gasteiger partial charge in [-0.25, -0.2) is 9.37 Å². The molecule has 1 heterocycles. The predicted octanol–water partition coefficient (Wildman–Crippen LogP) is 5.27. The summed E-state index contributed by atoms with van der Waals surface area (Å²) >= 11 is 9.19. The normalized spacial score (nSPS) is 10.4. The lowest BCUT2D eigenvalue weighted by molar-refractivity contribution is 0.332. The van der Waals surface area contributed by atoms with E-state index in [1.165, 1.54) is 12.1 Å². The molecule has 0 fully saturated rings. The highest BCUT2D eigenvalue weighted by molar-refractivity contribution is 9.10. The molecule has 0 saturated heterocycles. The molecule has 0 aliphatic heterocycles. The molecule has 3 aromatic rings. The quantitative estimate of drug-likeness (QED) is 0.493. The number of para-hydroxylation sites is 1. The fourth-order valence-electron chi connectivity index (χ4n) is 2.11. The number of rotatable bonds is 7. The lowest BCUT2D eigenvalue weighted by atomic mass is 10.3. The molecular weight excluding hydrogens is 423 g/mol. The first-order chi connectivity index (χ1) is 12.6. The summed E-state index contributed by atoms with van der Waals surface area (Å²) in [5, 5.41) is 6.20. The van der Waals surface area contributed by atoms with Crippen LogP contribution >= 0.6 is 27.5 Å². The van der Waals surface area contributed by atoms with Crippen molar-refractivity contribution in [1.29, 1.82) is 0 Å². The van der Waals surface area contributed by atoms with Gasteiger partial charge < -0.3 is 15.4 Å². The lowest BCUT2D eigenvalue weighted by Crippen LogP contribution is -2.13. The third kappa shape index (κ3) is 5.06. The Kier molecular flexibility index (Phi) is 6.25. The zero-order valence-corrected chi connectivity index (χ0v) is 15.9. The average molecular weight is 438 g/mol. The first-order valence-electron chi connectivity index (χ1n) is 7.78. The van der Waals surface area contributed by atoms with Gasteiger partial charge in [0.2, 0.25) is 5.95 Å². The van der Waals surface area contributed by atoms with Gasteiger partial charge in [0, 0.05) is 11.9 Å². The largest absolute Gasteiger partial charge is 0.492 e. The maximum Gasteiger partial charge on any atom is 0.229 e. The molecule has 26 heavy (non-hydrogen) atoms. The zero-order chi connectivity index (χ0) is 18.4. The minimum atomic E-state index is -0.477. The summed E-state index contributed by atoms with van der Waals surface area (Å²) in [7, 11) is 0. The molecule has 0 aliphatic carbocycles. The van der Waals surface area contributed by atoms with Crippen molar-refractivity contribution in [2.45, 2.75) is 0 Å². The number of benzene rings is 2. The van der Waals surface area contributed by atoms with Crippen LogP contribution in [0.15, 0.2) is 59.2 Å². The zero-order valence-electron chi connectivity index (χ0n) is 13.5. The monoisotopic (exact) mass is 436 g/mol. The van der Waals surface area contributed by atoms with Gasteiger partial charge in [-0.3, -0.25) is 0 Å². The first kappa shape index (κ1) is 18.4. The molecule has 2 N–H and O–H groups in total. The highest BCUT2D eigenvalue weighted by Gasteiger charge is 2.07. The van der Waals surface area contributed by atoms with Crippen LogP contribution in [0.4, 0.5) is 21.8 Å². The summed E-state index contributed by atoms with van der Waals surface area (Å²) in [5.74, 6) is 1.32. The van der Waals surface area contributed by atoms with Gasteiger partial charge in [-0.1, -0.05) is 29.8 Å². The van der Waals surface area contributed by atoms with E-state index in [9.17, 15) is 4.39 Å². The smallest absolute Gasteiger partial charge is 0.229 e. The SMILES string of the molecule is Fc1ccc(Nc2ncc(Br)c(NCCOc3ccccc3)n2)cc1Cl. The number of hydrogen-bond donors (Lipinski definition) is 2. The summed E-state index contributed by atoms with van der Waals surface area (Å²) in [4.78, 5) is 8.58. The first-order valence-corrected chi connectivity index (χ1v) is 8.95. The van der Waals surface area contributed by atoms with Crippen LogP contribution in [0.5, 0.6) is 5.75 Å². The van der Waals surface area contributed by atoms with E-state index < -0.39 is 5.82 Å². The molecular formula is C18H15BrClFN4O. The van der Waals surface area contributed by atoms with E-state index in [1.807, 2.05) is 30.3 Å². The minimum absolute atomic E-state index is 0.0310. The van der Waals surface area contributed by atoms with Crippen LogP contribution in [-0.2, 0) is 0 Å². The standard InChI is InChI=1S/C18H15BrClFN4O/c19-14-11-23-18(24-12-6-7-16(21)15(20)10-12)25-17(14)22-8-9-26-13-4-2-1-3-5-13/h1-7,10-11H,8-9H2,(H2,22,23,24,25). The van der Waals surface area contributed by atoms with Gasteiger partial charge in [0.15, 0.2) is 0 Å². The molecule has 3 rings (SSSR count). The molecule has 0 bridgehead atoms. The summed E-state index contributed by atoms with van der Waals surface area (Å²) in [5.41, 5.74) is 0.595. The highest BCUT2D eigenvalue weighted by Crippen LogP contribution is 2.24. The molecule has 0 unspecified atom stereocenters. The number of ether oxygens (including phenoxy) is 1. The topological polar surface area (TPSA) is 59.1 Å². The fourth-order valence-corrected chi connectivity index (χ4v) is 2.62. The molecule has 0 spiro atoms. The number of halogens is 3. The molecule has 0 amide bonds. The van der Waals surface area contributed by atoms with Gasteiger partial charge in [0.1, 0.15) is 24.0 Å². The third-order valence-corrected chi connectivity index (χ3v) is 4.20. The van der Waals surface area contributed by atoms with Gasteiger partial charge in [-0.15, -0.1) is 0 Å². The summed E-state index contributed by atoms with van der Waals surface area (Å²) in [6.07, 6.45) is 1.63. The molecule has 8 heteroatoms. The van der Waals surface area contributed by atoms with Crippen molar-refractivity contribution < 1.29 is 9.13 Å². The predicted molar refractivity (Wildman–Crippen MR) is 105 cm³/mol. The Morgan fingerprint density at radius 2 is 1.96 bits per heavy atom. The Labute approximate surface area is 163 Å². The van der Waals surface area contributed by atoms with Crippen LogP contribution in [0.3, 0.4) is 0 Å². The number of nitrogens with zero attached hydrogens (tertiary/aromatic N) is 2. The molecule has 2 aromatic carbocycles. The lowest BCUT2D eigenvalue weighted by Gasteiger charge is -2.11. The van der Waals surface area contributed by atoms with Crippen LogP contribution in [0.25, 0.3) is 0 Å². The second-order valence-corrected chi connectivity index (χ2v) is 6.49. The van der Waals surface area contributed by atoms with Crippen LogP contribution in [0.2, 0.25) is 5.02 Å². The third-order valence-electron chi connectivity index (χ3n) is 3.33. The van der Waals surface area contributed by atoms with Crippen LogP contribution < -0.4 is 15.4 Å². The van der Waals surface area contributed by atoms with E-state index in [0.717, 1.165) is 10.2 Å². The van der Waals surface area contributed by atoms with Crippen molar-refractivity contribution in [3.8, 4) is 5.75 Å². The Morgan fingerprint density at radius 1 is 1.15 bits per heavy atom.